The minimum atomic E-state index is -1.37. The van der Waals surface area contributed by atoms with Gasteiger partial charge in [0.2, 0.25) is 11.7 Å². The second kappa shape index (κ2) is 11.7. The summed E-state index contributed by atoms with van der Waals surface area (Å²) in [6.45, 7) is 7.88. The number of carbonyl (C=O) groups is 5. The lowest BCUT2D eigenvalue weighted by Gasteiger charge is -2.41. The second-order valence-electron chi connectivity index (χ2n) is 6.67. The Morgan fingerprint density at radius 2 is 1.71 bits per heavy atom. The van der Waals surface area contributed by atoms with Crippen LogP contribution in [0.5, 0.6) is 0 Å². The van der Waals surface area contributed by atoms with Crippen molar-refractivity contribution in [3.8, 4) is 0 Å². The van der Waals surface area contributed by atoms with Gasteiger partial charge in [0.25, 0.3) is 0 Å². The van der Waals surface area contributed by atoms with Gasteiger partial charge in [-0.25, -0.2) is 4.79 Å². The Hall–Kier alpha value is -3.37. The summed E-state index contributed by atoms with van der Waals surface area (Å²) in [5, 5.41) is 2.67. The summed E-state index contributed by atoms with van der Waals surface area (Å²) in [6, 6.07) is -0.872. The molecule has 0 bridgehead atoms. The lowest BCUT2D eigenvalue weighted by atomic mass is 9.87. The first-order valence-electron chi connectivity index (χ1n) is 9.34. The van der Waals surface area contributed by atoms with Crippen molar-refractivity contribution in [1.29, 1.82) is 0 Å². The van der Waals surface area contributed by atoms with Crippen molar-refractivity contribution < 1.29 is 47.7 Å². The SMILES string of the molecule is C=C[C@@H]1C=C(C(=O)OC)O[C@@H]([C@H](OC(C)=O)[C@@H](COC(C)=O)OC(C)=O)[C@@H]1NC(C)=O. The van der Waals surface area contributed by atoms with Crippen molar-refractivity contribution in [2.45, 2.75) is 52.0 Å². The van der Waals surface area contributed by atoms with E-state index in [1.54, 1.807) is 0 Å². The Kier molecular flexibility index (Phi) is 9.71. The van der Waals surface area contributed by atoms with Gasteiger partial charge in [0, 0.05) is 33.6 Å². The van der Waals surface area contributed by atoms with E-state index in [9.17, 15) is 24.0 Å². The Balaban J connectivity index is 3.50. The molecule has 0 aromatic heterocycles. The van der Waals surface area contributed by atoms with Crippen molar-refractivity contribution in [3.63, 3.8) is 0 Å². The van der Waals surface area contributed by atoms with Crippen LogP contribution in [0.15, 0.2) is 24.5 Å². The molecule has 0 radical (unpaired) electrons. The quantitative estimate of drug-likeness (QED) is 0.299. The van der Waals surface area contributed by atoms with Crippen LogP contribution in [0.25, 0.3) is 0 Å². The molecule has 0 unspecified atom stereocenters. The average Bonchev–Trinajstić information content (AvgIpc) is 2.68. The predicted octanol–water partition coefficient (Wildman–Crippen LogP) is 0.176. The van der Waals surface area contributed by atoms with Crippen LogP contribution >= 0.6 is 0 Å². The van der Waals surface area contributed by atoms with Crippen molar-refractivity contribution in [2.24, 2.45) is 5.92 Å². The van der Waals surface area contributed by atoms with E-state index in [0.717, 1.165) is 27.9 Å². The van der Waals surface area contributed by atoms with Gasteiger partial charge < -0.3 is 29.0 Å². The number of esters is 4. The van der Waals surface area contributed by atoms with E-state index < -0.39 is 66.7 Å². The highest BCUT2D eigenvalue weighted by Crippen LogP contribution is 2.30. The number of methoxy groups -OCH3 is 1. The molecule has 1 amide bonds. The van der Waals surface area contributed by atoms with Gasteiger partial charge in [0.05, 0.1) is 13.2 Å². The molecule has 1 rings (SSSR count). The molecule has 0 aliphatic carbocycles. The third kappa shape index (κ3) is 7.76. The first-order valence-corrected chi connectivity index (χ1v) is 9.34. The van der Waals surface area contributed by atoms with E-state index in [-0.39, 0.29) is 5.76 Å². The van der Waals surface area contributed by atoms with Gasteiger partial charge in [-0.1, -0.05) is 6.08 Å². The predicted molar refractivity (Wildman–Crippen MR) is 104 cm³/mol. The van der Waals surface area contributed by atoms with Crippen LogP contribution in [0.3, 0.4) is 0 Å². The van der Waals surface area contributed by atoms with Crippen LogP contribution in [0, 0.1) is 5.92 Å². The highest BCUT2D eigenvalue weighted by molar-refractivity contribution is 5.86. The maximum Gasteiger partial charge on any atom is 0.373 e. The summed E-state index contributed by atoms with van der Waals surface area (Å²) in [4.78, 5) is 58.7. The van der Waals surface area contributed by atoms with Crippen molar-refractivity contribution in [1.82, 2.24) is 5.32 Å². The van der Waals surface area contributed by atoms with E-state index in [0.29, 0.717) is 0 Å². The summed E-state index contributed by atoms with van der Waals surface area (Å²) < 4.78 is 25.9. The van der Waals surface area contributed by atoms with Gasteiger partial charge in [0.1, 0.15) is 6.61 Å². The lowest BCUT2D eigenvalue weighted by molar-refractivity contribution is -0.188. The van der Waals surface area contributed by atoms with E-state index in [1.807, 2.05) is 0 Å². The molecule has 172 valence electrons. The Labute approximate surface area is 179 Å². The lowest BCUT2D eigenvalue weighted by Crippen LogP contribution is -2.59. The molecule has 0 aromatic carbocycles. The van der Waals surface area contributed by atoms with E-state index in [1.165, 1.54) is 19.1 Å². The Morgan fingerprint density at radius 1 is 1.10 bits per heavy atom. The molecule has 0 spiro atoms. The highest BCUT2D eigenvalue weighted by Gasteiger charge is 2.47. The van der Waals surface area contributed by atoms with Crippen LogP contribution in [-0.4, -0.2) is 67.9 Å². The molecule has 1 aliphatic rings. The normalized spacial score (nSPS) is 21.8. The summed E-state index contributed by atoms with van der Waals surface area (Å²) in [5.74, 6) is -4.29. The average molecular weight is 441 g/mol. The van der Waals surface area contributed by atoms with Crippen LogP contribution in [0.1, 0.15) is 27.7 Å². The number of nitrogens with one attached hydrogen (secondary N) is 1. The fraction of sp³-hybridized carbons (Fsp3) is 0.550. The molecule has 5 atom stereocenters. The molecule has 11 heteroatoms. The molecule has 1 heterocycles. The van der Waals surface area contributed by atoms with E-state index in [2.05, 4.69) is 11.9 Å². The van der Waals surface area contributed by atoms with Crippen LogP contribution < -0.4 is 5.32 Å². The topological polar surface area (TPSA) is 144 Å². The highest BCUT2D eigenvalue weighted by atomic mass is 16.6. The zero-order chi connectivity index (χ0) is 23.7. The van der Waals surface area contributed by atoms with E-state index >= 15 is 0 Å². The first-order chi connectivity index (χ1) is 14.5. The van der Waals surface area contributed by atoms with Gasteiger partial charge in [-0.3, -0.25) is 19.2 Å². The first kappa shape index (κ1) is 25.7. The van der Waals surface area contributed by atoms with Gasteiger partial charge in [-0.2, -0.15) is 0 Å². The minimum absolute atomic E-state index is 0.217. The number of amides is 1. The van der Waals surface area contributed by atoms with Crippen LogP contribution in [0.4, 0.5) is 0 Å². The van der Waals surface area contributed by atoms with Crippen molar-refractivity contribution in [3.05, 3.63) is 24.5 Å². The number of ether oxygens (including phenoxy) is 5. The van der Waals surface area contributed by atoms with Gasteiger partial charge in [-0.05, 0) is 6.08 Å². The molecule has 0 saturated heterocycles. The largest absolute Gasteiger partial charge is 0.477 e. The molecule has 11 nitrogen and oxygen atoms in total. The van der Waals surface area contributed by atoms with Gasteiger partial charge in [-0.15, -0.1) is 6.58 Å². The third-order valence-corrected chi connectivity index (χ3v) is 4.16. The third-order valence-electron chi connectivity index (χ3n) is 4.16. The molecule has 0 fully saturated rings. The van der Waals surface area contributed by atoms with E-state index in [4.69, 9.17) is 23.7 Å². The number of carbonyl (C=O) groups excluding carboxylic acids is 5. The smallest absolute Gasteiger partial charge is 0.373 e. The Morgan fingerprint density at radius 3 is 2.16 bits per heavy atom. The van der Waals surface area contributed by atoms with Gasteiger partial charge in [0.15, 0.2) is 18.3 Å². The number of hydrogen-bond donors (Lipinski definition) is 1. The summed E-state index contributed by atoms with van der Waals surface area (Å²) in [6.07, 6.45) is -1.04. The summed E-state index contributed by atoms with van der Waals surface area (Å²) >= 11 is 0. The molecule has 0 aromatic rings. The minimum Gasteiger partial charge on any atom is -0.477 e. The Bertz CT molecular complexity index is 759. The van der Waals surface area contributed by atoms with Crippen molar-refractivity contribution >= 4 is 29.8 Å². The maximum atomic E-state index is 12.1. The zero-order valence-corrected chi connectivity index (χ0v) is 18.0. The monoisotopic (exact) mass is 441 g/mol. The molecule has 1 aliphatic heterocycles. The van der Waals surface area contributed by atoms with Crippen molar-refractivity contribution in [2.75, 3.05) is 13.7 Å². The summed E-state index contributed by atoms with van der Waals surface area (Å²) in [5.41, 5.74) is 0. The van der Waals surface area contributed by atoms with Gasteiger partial charge >= 0.3 is 23.9 Å². The fourth-order valence-corrected chi connectivity index (χ4v) is 3.03. The maximum absolute atomic E-state index is 12.1. The van der Waals surface area contributed by atoms with Crippen LogP contribution in [0.2, 0.25) is 0 Å². The van der Waals surface area contributed by atoms with Crippen LogP contribution in [-0.2, 0) is 47.7 Å². The number of hydrogen-bond acceptors (Lipinski definition) is 10. The molecule has 31 heavy (non-hydrogen) atoms. The summed E-state index contributed by atoms with van der Waals surface area (Å²) in [7, 11) is 1.15. The fourth-order valence-electron chi connectivity index (χ4n) is 3.03. The molecule has 0 saturated carbocycles. The molecular weight excluding hydrogens is 414 g/mol. The number of rotatable bonds is 9. The standard InChI is InChI=1S/C20H27NO10/c1-7-14-8-15(20(26)27-6)31-19(17(14)21-10(2)22)18(30-13(5)25)16(29-12(4)24)9-28-11(3)23/h7-8,14,16-19H,1,9H2,2-6H3,(H,21,22)/t14-,16-,17-,18-,19-/m1/s1. The molecule has 1 N–H and O–H groups in total. The second-order valence-corrected chi connectivity index (χ2v) is 6.67. The zero-order valence-electron chi connectivity index (χ0n) is 18.0. The molecular formula is C20H27NO10.